The summed E-state index contributed by atoms with van der Waals surface area (Å²) in [6.07, 6.45) is 0.126. The lowest BCUT2D eigenvalue weighted by molar-refractivity contribution is -0.123. The van der Waals surface area contributed by atoms with Crippen LogP contribution in [0.5, 0.6) is 17.2 Å². The van der Waals surface area contributed by atoms with Crippen LogP contribution in [0.25, 0.3) is 0 Å². The summed E-state index contributed by atoms with van der Waals surface area (Å²) in [6, 6.07) is 9.51. The summed E-state index contributed by atoms with van der Waals surface area (Å²) < 4.78 is 43.7. The van der Waals surface area contributed by atoms with E-state index in [1.165, 1.54) is 30.7 Å². The Morgan fingerprint density at radius 1 is 1.09 bits per heavy atom. The number of hydrogen-bond acceptors (Lipinski definition) is 7. The van der Waals surface area contributed by atoms with Crippen LogP contribution in [0.15, 0.2) is 41.3 Å². The van der Waals surface area contributed by atoms with Crippen LogP contribution in [0.2, 0.25) is 0 Å². The van der Waals surface area contributed by atoms with E-state index in [0.717, 1.165) is 0 Å². The fraction of sp³-hybridized carbons (Fsp3) is 0.391. The highest BCUT2D eigenvalue weighted by Crippen LogP contribution is 2.34. The number of amides is 2. The Bertz CT molecular complexity index is 1180. The predicted octanol–water partition coefficient (Wildman–Crippen LogP) is 2.46. The van der Waals surface area contributed by atoms with Gasteiger partial charge in [-0.15, -0.1) is 0 Å². The van der Waals surface area contributed by atoms with Gasteiger partial charge in [-0.25, -0.2) is 8.42 Å². The van der Waals surface area contributed by atoms with Crippen LogP contribution >= 0.6 is 0 Å². The Morgan fingerprint density at radius 2 is 1.74 bits per heavy atom. The molecule has 0 unspecified atom stereocenters. The van der Waals surface area contributed by atoms with Crippen LogP contribution in [0.3, 0.4) is 0 Å². The number of piperidine rings is 1. The Kier molecular flexibility index (Phi) is 6.67. The maximum atomic E-state index is 13.2. The van der Waals surface area contributed by atoms with Gasteiger partial charge in [0.05, 0.1) is 24.8 Å². The number of rotatable bonds is 6. The molecule has 182 valence electrons. The second-order valence-electron chi connectivity index (χ2n) is 8.18. The van der Waals surface area contributed by atoms with Gasteiger partial charge in [0.15, 0.2) is 6.10 Å². The highest BCUT2D eigenvalue weighted by atomic mass is 32.2. The fourth-order valence-corrected chi connectivity index (χ4v) is 5.48. The first-order valence-corrected chi connectivity index (χ1v) is 12.3. The molecule has 0 radical (unpaired) electrons. The van der Waals surface area contributed by atoms with Gasteiger partial charge >= 0.3 is 0 Å². The van der Waals surface area contributed by atoms with Gasteiger partial charge < -0.3 is 24.8 Å². The van der Waals surface area contributed by atoms with E-state index >= 15 is 0 Å². The van der Waals surface area contributed by atoms with Crippen LogP contribution in [0, 0.1) is 5.92 Å². The lowest BCUT2D eigenvalue weighted by Gasteiger charge is -2.31. The molecule has 2 aliphatic heterocycles. The number of anilines is 2. The van der Waals surface area contributed by atoms with Crippen molar-refractivity contribution in [2.75, 3.05) is 37.9 Å². The third kappa shape index (κ3) is 4.80. The van der Waals surface area contributed by atoms with E-state index in [-0.39, 0.29) is 35.7 Å². The maximum absolute atomic E-state index is 13.2. The third-order valence-electron chi connectivity index (χ3n) is 5.96. The summed E-state index contributed by atoms with van der Waals surface area (Å²) in [4.78, 5) is 24.7. The Balaban J connectivity index is 1.41. The van der Waals surface area contributed by atoms with Crippen LogP contribution in [0.4, 0.5) is 11.4 Å². The summed E-state index contributed by atoms with van der Waals surface area (Å²) in [5, 5.41) is 5.54. The molecule has 34 heavy (non-hydrogen) atoms. The predicted molar refractivity (Wildman–Crippen MR) is 125 cm³/mol. The van der Waals surface area contributed by atoms with Gasteiger partial charge in [0.1, 0.15) is 17.2 Å². The second kappa shape index (κ2) is 9.51. The first kappa shape index (κ1) is 23.8. The maximum Gasteiger partial charge on any atom is 0.265 e. The number of ether oxygens (including phenoxy) is 3. The molecule has 0 spiro atoms. The SMILES string of the molecule is COc1cc(NC(=O)C2CCN(S(=O)(=O)c3ccc4c(c3)NC(=O)[C@H](C)O4)CC2)cc(OC)c1. The molecule has 2 aliphatic rings. The number of nitrogens with zero attached hydrogens (tertiary/aromatic N) is 1. The molecule has 2 aromatic carbocycles. The minimum absolute atomic E-state index is 0.0658. The summed E-state index contributed by atoms with van der Waals surface area (Å²) in [7, 11) is -0.734. The number of fused-ring (bicyclic) bond motifs is 1. The van der Waals surface area contributed by atoms with Gasteiger partial charge in [0.2, 0.25) is 15.9 Å². The highest BCUT2D eigenvalue weighted by molar-refractivity contribution is 7.89. The van der Waals surface area contributed by atoms with Crippen molar-refractivity contribution in [2.45, 2.75) is 30.8 Å². The summed E-state index contributed by atoms with van der Waals surface area (Å²) in [5.74, 6) is 0.683. The van der Waals surface area contributed by atoms with E-state index in [4.69, 9.17) is 14.2 Å². The van der Waals surface area contributed by atoms with Crippen molar-refractivity contribution in [3.63, 3.8) is 0 Å². The third-order valence-corrected chi connectivity index (χ3v) is 7.86. The molecular formula is C23H27N3O7S. The largest absolute Gasteiger partial charge is 0.497 e. The minimum atomic E-state index is -3.79. The molecule has 0 saturated carbocycles. The van der Waals surface area contributed by atoms with Crippen molar-refractivity contribution in [2.24, 2.45) is 5.92 Å². The van der Waals surface area contributed by atoms with Crippen LogP contribution in [0.1, 0.15) is 19.8 Å². The molecule has 1 fully saturated rings. The van der Waals surface area contributed by atoms with Crippen LogP contribution in [-0.4, -0.2) is 58.0 Å². The summed E-state index contributed by atoms with van der Waals surface area (Å²) >= 11 is 0. The number of methoxy groups -OCH3 is 2. The molecule has 2 amide bonds. The van der Waals surface area contributed by atoms with Crippen molar-refractivity contribution >= 4 is 33.2 Å². The number of carbonyl (C=O) groups is 2. The monoisotopic (exact) mass is 489 g/mol. The summed E-state index contributed by atoms with van der Waals surface area (Å²) in [6.45, 7) is 2.03. The molecule has 0 bridgehead atoms. The Hall–Kier alpha value is -3.31. The number of carbonyl (C=O) groups excluding carboxylic acids is 2. The van der Waals surface area contributed by atoms with Gasteiger partial charge in [-0.2, -0.15) is 4.31 Å². The van der Waals surface area contributed by atoms with Gasteiger partial charge in [0, 0.05) is 42.9 Å². The molecule has 2 heterocycles. The van der Waals surface area contributed by atoms with Crippen LogP contribution < -0.4 is 24.8 Å². The molecule has 2 N–H and O–H groups in total. The Labute approximate surface area is 198 Å². The number of sulfonamides is 1. The van der Waals surface area contributed by atoms with Crippen molar-refractivity contribution in [3.8, 4) is 17.2 Å². The molecule has 2 aromatic rings. The zero-order chi connectivity index (χ0) is 24.5. The molecule has 1 atom stereocenters. The summed E-state index contributed by atoms with van der Waals surface area (Å²) in [5.41, 5.74) is 0.871. The van der Waals surface area contributed by atoms with Crippen molar-refractivity contribution in [1.29, 1.82) is 0 Å². The van der Waals surface area contributed by atoms with E-state index in [9.17, 15) is 18.0 Å². The molecule has 1 saturated heterocycles. The molecule has 11 heteroatoms. The molecule has 0 aromatic heterocycles. The van der Waals surface area contributed by atoms with Gasteiger partial charge in [-0.05, 0) is 38.0 Å². The average molecular weight is 490 g/mol. The van der Waals surface area contributed by atoms with E-state index in [2.05, 4.69) is 10.6 Å². The average Bonchev–Trinajstić information content (AvgIpc) is 2.84. The fourth-order valence-electron chi connectivity index (χ4n) is 3.98. The van der Waals surface area contributed by atoms with Crippen LogP contribution in [-0.2, 0) is 19.6 Å². The van der Waals surface area contributed by atoms with Crippen molar-refractivity contribution in [1.82, 2.24) is 4.31 Å². The number of nitrogens with one attached hydrogen (secondary N) is 2. The first-order chi connectivity index (χ1) is 16.2. The van der Waals surface area contributed by atoms with E-state index < -0.39 is 16.1 Å². The van der Waals surface area contributed by atoms with E-state index in [1.807, 2.05) is 0 Å². The first-order valence-electron chi connectivity index (χ1n) is 10.9. The Morgan fingerprint density at radius 3 is 2.35 bits per heavy atom. The van der Waals surface area contributed by atoms with Crippen molar-refractivity contribution in [3.05, 3.63) is 36.4 Å². The lowest BCUT2D eigenvalue weighted by atomic mass is 9.97. The number of hydrogen-bond donors (Lipinski definition) is 2. The quantitative estimate of drug-likeness (QED) is 0.639. The molecular weight excluding hydrogens is 462 g/mol. The zero-order valence-corrected chi connectivity index (χ0v) is 20.0. The van der Waals surface area contributed by atoms with E-state index in [1.54, 1.807) is 31.2 Å². The lowest BCUT2D eigenvalue weighted by Crippen LogP contribution is -2.41. The van der Waals surface area contributed by atoms with Gasteiger partial charge in [-0.3, -0.25) is 9.59 Å². The normalized spacial score (nSPS) is 18.9. The second-order valence-corrected chi connectivity index (χ2v) is 10.1. The smallest absolute Gasteiger partial charge is 0.265 e. The van der Waals surface area contributed by atoms with Gasteiger partial charge in [-0.1, -0.05) is 0 Å². The molecule has 0 aliphatic carbocycles. The highest BCUT2D eigenvalue weighted by Gasteiger charge is 2.33. The van der Waals surface area contributed by atoms with E-state index in [0.29, 0.717) is 41.5 Å². The van der Waals surface area contributed by atoms with Gasteiger partial charge in [0.25, 0.3) is 5.91 Å². The zero-order valence-electron chi connectivity index (χ0n) is 19.2. The standard InChI is InChI=1S/C23H27N3O7S/c1-14-22(27)25-20-13-19(4-5-21(20)33-14)34(29,30)26-8-6-15(7-9-26)23(28)24-16-10-17(31-2)12-18(11-16)32-3/h4-5,10-15H,6-9H2,1-3H3,(H,24,28)(H,25,27)/t14-/m0/s1. The van der Waals surface area contributed by atoms with Crippen molar-refractivity contribution < 1.29 is 32.2 Å². The number of benzene rings is 2. The minimum Gasteiger partial charge on any atom is -0.497 e. The topological polar surface area (TPSA) is 123 Å². The molecule has 4 rings (SSSR count). The molecule has 10 nitrogen and oxygen atoms in total.